The highest BCUT2D eigenvalue weighted by atomic mass is 16.4. The van der Waals surface area contributed by atoms with Crippen molar-refractivity contribution in [3.8, 4) is 0 Å². The lowest BCUT2D eigenvalue weighted by Crippen LogP contribution is -2.35. The van der Waals surface area contributed by atoms with Crippen molar-refractivity contribution in [1.29, 1.82) is 0 Å². The molecular weight excluding hydrogens is 186 g/mol. The van der Waals surface area contributed by atoms with Crippen molar-refractivity contribution in [2.24, 2.45) is 7.05 Å². The third-order valence-corrected chi connectivity index (χ3v) is 2.48. The number of nitrogens with zero attached hydrogens (tertiary/aromatic N) is 2. The van der Waals surface area contributed by atoms with E-state index >= 15 is 0 Å². The zero-order valence-corrected chi connectivity index (χ0v) is 7.78. The van der Waals surface area contributed by atoms with E-state index in [1.807, 2.05) is 0 Å². The third kappa shape index (κ3) is 1.19. The Kier molecular flexibility index (Phi) is 1.83. The molecule has 6 nitrogen and oxygen atoms in total. The van der Waals surface area contributed by atoms with Gasteiger partial charge in [0.1, 0.15) is 0 Å². The van der Waals surface area contributed by atoms with E-state index in [0.29, 0.717) is 24.2 Å². The van der Waals surface area contributed by atoms with E-state index < -0.39 is 6.09 Å². The van der Waals surface area contributed by atoms with Crippen LogP contribution in [0.3, 0.4) is 0 Å². The molecule has 0 bridgehead atoms. The number of H-pyrrole nitrogens is 1. The van der Waals surface area contributed by atoms with E-state index in [-0.39, 0.29) is 12.1 Å². The van der Waals surface area contributed by atoms with Gasteiger partial charge in [0.25, 0.3) is 5.56 Å². The van der Waals surface area contributed by atoms with Gasteiger partial charge in [-0.15, -0.1) is 0 Å². The second-order valence-corrected chi connectivity index (χ2v) is 3.39. The molecule has 0 fully saturated rings. The molecule has 2 N–H and O–H groups in total. The summed E-state index contributed by atoms with van der Waals surface area (Å²) in [6.07, 6.45) is -0.446. The van der Waals surface area contributed by atoms with Gasteiger partial charge in [0.15, 0.2) is 0 Å². The molecule has 0 unspecified atom stereocenters. The van der Waals surface area contributed by atoms with Gasteiger partial charge in [0.05, 0.1) is 12.2 Å². The predicted octanol–water partition coefficient (Wildman–Crippen LogP) is -0.251. The highest BCUT2D eigenvalue weighted by molar-refractivity contribution is 5.65. The van der Waals surface area contributed by atoms with Crippen molar-refractivity contribution in [1.82, 2.24) is 14.7 Å². The number of aromatic nitrogens is 2. The van der Waals surface area contributed by atoms with Crippen LogP contribution >= 0.6 is 0 Å². The summed E-state index contributed by atoms with van der Waals surface area (Å²) in [6.45, 7) is 0.677. The van der Waals surface area contributed by atoms with Gasteiger partial charge in [-0.05, 0) is 6.42 Å². The molecule has 1 aliphatic rings. The fourth-order valence-corrected chi connectivity index (χ4v) is 1.72. The number of hydrogen-bond acceptors (Lipinski definition) is 2. The summed E-state index contributed by atoms with van der Waals surface area (Å²) in [5.41, 5.74) is 1.38. The molecule has 1 aromatic rings. The fraction of sp³-hybridized carbons (Fsp3) is 0.500. The van der Waals surface area contributed by atoms with Crippen LogP contribution in [0.4, 0.5) is 4.79 Å². The number of nitrogens with one attached hydrogen (secondary N) is 1. The minimum Gasteiger partial charge on any atom is -0.465 e. The molecule has 0 aromatic carbocycles. The number of rotatable bonds is 0. The molecule has 0 atom stereocenters. The van der Waals surface area contributed by atoms with Crippen LogP contribution in [0.1, 0.15) is 11.3 Å². The Morgan fingerprint density at radius 1 is 1.57 bits per heavy atom. The van der Waals surface area contributed by atoms with E-state index in [9.17, 15) is 9.59 Å². The fourth-order valence-electron chi connectivity index (χ4n) is 1.72. The lowest BCUT2D eigenvalue weighted by molar-refractivity contribution is 0.139. The van der Waals surface area contributed by atoms with Gasteiger partial charge >= 0.3 is 6.09 Å². The molecule has 0 saturated carbocycles. The number of fused-ring (bicyclic) bond motifs is 1. The SMILES string of the molecule is Cn1[nH]c2c(c1=O)CCN(C(=O)O)C2. The third-order valence-electron chi connectivity index (χ3n) is 2.48. The average Bonchev–Trinajstić information content (AvgIpc) is 2.42. The molecule has 6 heteroatoms. The largest absolute Gasteiger partial charge is 0.465 e. The van der Waals surface area contributed by atoms with E-state index in [0.717, 1.165) is 0 Å². The molecule has 1 aromatic heterocycles. The highest BCUT2D eigenvalue weighted by Gasteiger charge is 2.23. The van der Waals surface area contributed by atoms with Gasteiger partial charge < -0.3 is 10.0 Å². The van der Waals surface area contributed by atoms with Crippen LogP contribution in [0.25, 0.3) is 0 Å². The Balaban J connectivity index is 2.36. The lowest BCUT2D eigenvalue weighted by atomic mass is 10.1. The summed E-state index contributed by atoms with van der Waals surface area (Å²) in [5, 5.41) is 11.6. The van der Waals surface area contributed by atoms with Crippen molar-refractivity contribution in [3.63, 3.8) is 0 Å². The summed E-state index contributed by atoms with van der Waals surface area (Å²) < 4.78 is 1.38. The zero-order valence-electron chi connectivity index (χ0n) is 7.78. The summed E-state index contributed by atoms with van der Waals surface area (Å²) in [4.78, 5) is 23.4. The number of amides is 1. The maximum absolute atomic E-state index is 11.5. The normalized spacial score (nSPS) is 15.4. The number of aromatic amines is 1. The molecule has 1 aliphatic heterocycles. The Bertz CT molecular complexity index is 432. The first-order valence-corrected chi connectivity index (χ1v) is 4.34. The van der Waals surface area contributed by atoms with Gasteiger partial charge in [-0.2, -0.15) is 0 Å². The Hall–Kier alpha value is -1.72. The highest BCUT2D eigenvalue weighted by Crippen LogP contribution is 2.13. The van der Waals surface area contributed by atoms with Crippen molar-refractivity contribution >= 4 is 6.09 Å². The molecule has 2 heterocycles. The van der Waals surface area contributed by atoms with Crippen LogP contribution in [0.5, 0.6) is 0 Å². The summed E-state index contributed by atoms with van der Waals surface area (Å²) in [6, 6.07) is 0. The van der Waals surface area contributed by atoms with E-state index in [1.165, 1.54) is 9.58 Å². The van der Waals surface area contributed by atoms with Crippen molar-refractivity contribution in [2.75, 3.05) is 6.54 Å². The molecule has 1 amide bonds. The van der Waals surface area contributed by atoms with Crippen LogP contribution in [-0.2, 0) is 20.0 Å². The van der Waals surface area contributed by atoms with Crippen LogP contribution in [0.2, 0.25) is 0 Å². The van der Waals surface area contributed by atoms with Crippen LogP contribution < -0.4 is 5.56 Å². The zero-order chi connectivity index (χ0) is 10.3. The smallest absolute Gasteiger partial charge is 0.407 e. The van der Waals surface area contributed by atoms with E-state index in [4.69, 9.17) is 5.11 Å². The van der Waals surface area contributed by atoms with Gasteiger partial charge in [-0.3, -0.25) is 14.6 Å². The molecule has 76 valence electrons. The number of hydrogen-bond donors (Lipinski definition) is 2. The molecule has 0 aliphatic carbocycles. The standard InChI is InChI=1S/C8H11N3O3/c1-10-7(12)5-2-3-11(8(13)14)4-6(5)9-10/h9H,2-4H2,1H3,(H,13,14). The molecule has 0 spiro atoms. The van der Waals surface area contributed by atoms with Crippen LogP contribution in [-0.4, -0.2) is 32.4 Å². The molecule has 14 heavy (non-hydrogen) atoms. The topological polar surface area (TPSA) is 78.3 Å². The van der Waals surface area contributed by atoms with Gasteiger partial charge in [0, 0.05) is 19.2 Å². The minimum absolute atomic E-state index is 0.0509. The number of carboxylic acid groups (broad SMARTS) is 1. The van der Waals surface area contributed by atoms with Crippen molar-refractivity contribution < 1.29 is 9.90 Å². The second kappa shape index (κ2) is 2.90. The average molecular weight is 197 g/mol. The minimum atomic E-state index is -0.944. The van der Waals surface area contributed by atoms with Crippen molar-refractivity contribution in [2.45, 2.75) is 13.0 Å². The second-order valence-electron chi connectivity index (χ2n) is 3.39. The first-order valence-electron chi connectivity index (χ1n) is 4.34. The summed E-state index contributed by atoms with van der Waals surface area (Å²) >= 11 is 0. The van der Waals surface area contributed by atoms with E-state index in [2.05, 4.69) is 5.10 Å². The summed E-state index contributed by atoms with van der Waals surface area (Å²) in [5.74, 6) is 0. The van der Waals surface area contributed by atoms with Gasteiger partial charge in [-0.25, -0.2) is 4.79 Å². The van der Waals surface area contributed by atoms with Crippen LogP contribution in [0.15, 0.2) is 4.79 Å². The molecule has 0 saturated heterocycles. The molecular formula is C8H11N3O3. The van der Waals surface area contributed by atoms with Crippen LogP contribution in [0, 0.1) is 0 Å². The summed E-state index contributed by atoms with van der Waals surface area (Å²) in [7, 11) is 1.63. The van der Waals surface area contributed by atoms with Gasteiger partial charge in [0.2, 0.25) is 0 Å². The Morgan fingerprint density at radius 3 is 2.93 bits per heavy atom. The quantitative estimate of drug-likeness (QED) is 0.602. The predicted molar refractivity (Wildman–Crippen MR) is 48.2 cm³/mol. The lowest BCUT2D eigenvalue weighted by Gasteiger charge is -2.22. The first kappa shape index (κ1) is 8.86. The maximum Gasteiger partial charge on any atom is 0.407 e. The number of aryl methyl sites for hydroxylation is 1. The Morgan fingerprint density at radius 2 is 2.29 bits per heavy atom. The van der Waals surface area contributed by atoms with Crippen molar-refractivity contribution in [3.05, 3.63) is 21.6 Å². The molecule has 0 radical (unpaired) electrons. The van der Waals surface area contributed by atoms with E-state index in [1.54, 1.807) is 7.05 Å². The monoisotopic (exact) mass is 197 g/mol. The Labute approximate surface area is 79.7 Å². The van der Waals surface area contributed by atoms with Gasteiger partial charge in [-0.1, -0.05) is 0 Å². The first-order chi connectivity index (χ1) is 6.59. The molecule has 2 rings (SSSR count). The number of carbonyl (C=O) groups is 1. The maximum atomic E-state index is 11.5.